The molecule has 2 aromatic carbocycles. The van der Waals surface area contributed by atoms with Gasteiger partial charge >= 0.3 is 0 Å². The molecule has 1 amide bonds. The fourth-order valence-electron chi connectivity index (χ4n) is 2.56. The molecule has 2 aromatic rings. The molecule has 0 atom stereocenters. The summed E-state index contributed by atoms with van der Waals surface area (Å²) >= 11 is 9.61. The van der Waals surface area contributed by atoms with Crippen molar-refractivity contribution in [2.24, 2.45) is 4.99 Å². The number of amides is 1. The Morgan fingerprint density at radius 1 is 1.38 bits per heavy atom. The average Bonchev–Trinajstić information content (AvgIpc) is 3.03. The minimum atomic E-state index is -0.200. The number of rotatable bonds is 6. The van der Waals surface area contributed by atoms with E-state index in [1.807, 2.05) is 37.3 Å². The molecule has 0 bridgehead atoms. The number of methoxy groups -OCH3 is 1. The zero-order chi connectivity index (χ0) is 21.0. The van der Waals surface area contributed by atoms with Crippen molar-refractivity contribution in [3.05, 3.63) is 67.6 Å². The minimum Gasteiger partial charge on any atom is -0.493 e. The molecule has 150 valence electrons. The second-order valence-corrected chi connectivity index (χ2v) is 8.60. The van der Waals surface area contributed by atoms with Gasteiger partial charge in [-0.05, 0) is 82.7 Å². The first-order valence-corrected chi connectivity index (χ1v) is 10.9. The van der Waals surface area contributed by atoms with Gasteiger partial charge in [-0.1, -0.05) is 30.3 Å². The van der Waals surface area contributed by atoms with Crippen molar-refractivity contribution in [2.45, 2.75) is 6.92 Å². The fourth-order valence-corrected chi connectivity index (χ4v) is 4.35. The van der Waals surface area contributed by atoms with Crippen LogP contribution in [0.1, 0.15) is 11.1 Å². The summed E-state index contributed by atoms with van der Waals surface area (Å²) in [6.45, 7) is 5.93. The highest BCUT2D eigenvalue weighted by Crippen LogP contribution is 2.36. The summed E-state index contributed by atoms with van der Waals surface area (Å²) < 4.78 is 12.0. The molecular formula is C21H18ClIN2O3S. The van der Waals surface area contributed by atoms with Gasteiger partial charge in [0.25, 0.3) is 5.91 Å². The molecule has 0 unspecified atom stereocenters. The van der Waals surface area contributed by atoms with Gasteiger partial charge in [0.15, 0.2) is 16.7 Å². The van der Waals surface area contributed by atoms with Crippen LogP contribution in [0.5, 0.6) is 11.5 Å². The van der Waals surface area contributed by atoms with E-state index >= 15 is 0 Å². The number of nitrogens with zero attached hydrogens (tertiary/aromatic N) is 1. The molecule has 8 heteroatoms. The number of hydrogen-bond donors (Lipinski definition) is 1. The third kappa shape index (κ3) is 5.15. The Morgan fingerprint density at radius 2 is 2.17 bits per heavy atom. The van der Waals surface area contributed by atoms with E-state index in [9.17, 15) is 4.79 Å². The Labute approximate surface area is 192 Å². The van der Waals surface area contributed by atoms with Crippen LogP contribution < -0.4 is 14.8 Å². The first kappa shape index (κ1) is 21.7. The molecule has 29 heavy (non-hydrogen) atoms. The lowest BCUT2D eigenvalue weighted by Crippen LogP contribution is -2.19. The topological polar surface area (TPSA) is 59.9 Å². The number of hydrogen-bond acceptors (Lipinski definition) is 5. The Kier molecular flexibility index (Phi) is 7.26. The molecule has 0 spiro atoms. The Balaban J connectivity index is 1.88. The largest absolute Gasteiger partial charge is 0.493 e. The minimum absolute atomic E-state index is 0.200. The highest BCUT2D eigenvalue weighted by atomic mass is 127. The molecule has 1 aliphatic heterocycles. The van der Waals surface area contributed by atoms with Crippen LogP contribution in [0.4, 0.5) is 5.69 Å². The molecule has 0 aromatic heterocycles. The second kappa shape index (κ2) is 9.69. The van der Waals surface area contributed by atoms with Gasteiger partial charge in [0.2, 0.25) is 0 Å². The number of carbonyl (C=O) groups is 1. The lowest BCUT2D eigenvalue weighted by molar-refractivity contribution is -0.115. The highest BCUT2D eigenvalue weighted by molar-refractivity contribution is 14.1. The molecule has 1 aliphatic rings. The number of ether oxygens (including phenoxy) is 2. The van der Waals surface area contributed by atoms with Crippen LogP contribution in [0.3, 0.4) is 0 Å². The maximum absolute atomic E-state index is 12.4. The second-order valence-electron chi connectivity index (χ2n) is 6.00. The maximum Gasteiger partial charge on any atom is 0.264 e. The van der Waals surface area contributed by atoms with Crippen molar-refractivity contribution in [3.63, 3.8) is 0 Å². The summed E-state index contributed by atoms with van der Waals surface area (Å²) in [5, 5.41) is 3.95. The maximum atomic E-state index is 12.4. The molecule has 0 saturated carbocycles. The van der Waals surface area contributed by atoms with Crippen molar-refractivity contribution in [1.29, 1.82) is 0 Å². The van der Waals surface area contributed by atoms with Crippen molar-refractivity contribution in [1.82, 2.24) is 5.32 Å². The van der Waals surface area contributed by atoms with Gasteiger partial charge in [-0.15, -0.1) is 0 Å². The molecule has 1 N–H and O–H groups in total. The molecule has 0 radical (unpaired) electrons. The van der Waals surface area contributed by atoms with Crippen LogP contribution in [0.15, 0.2) is 52.9 Å². The first-order chi connectivity index (χ1) is 13.9. The number of carbonyl (C=O) groups excluding carboxylic acids is 1. The monoisotopic (exact) mass is 540 g/mol. The van der Waals surface area contributed by atoms with E-state index in [-0.39, 0.29) is 5.91 Å². The van der Waals surface area contributed by atoms with Crippen LogP contribution in [-0.2, 0) is 4.79 Å². The standard InChI is InChI=1S/C21H18ClIN2O3S/c1-4-8-28-19-15(23)9-13(10-17(19)27-3)11-18-20(26)25-21(29-18)24-16-7-5-6-14(22)12(16)2/h4-7,9-11H,1,8H2,2-3H3,(H,24,25,26)/b18-11-. The lowest BCUT2D eigenvalue weighted by atomic mass is 10.2. The molecule has 5 nitrogen and oxygen atoms in total. The summed E-state index contributed by atoms with van der Waals surface area (Å²) in [4.78, 5) is 17.5. The Bertz CT molecular complexity index is 1040. The van der Waals surface area contributed by atoms with Gasteiger partial charge < -0.3 is 14.8 Å². The number of aliphatic imine (C=N–C) groups is 1. The van der Waals surface area contributed by atoms with Gasteiger partial charge in [-0.2, -0.15) is 0 Å². The quantitative estimate of drug-likeness (QED) is 0.289. The predicted octanol–water partition coefficient (Wildman–Crippen LogP) is 5.72. The predicted molar refractivity (Wildman–Crippen MR) is 128 cm³/mol. The van der Waals surface area contributed by atoms with Crippen molar-refractivity contribution >= 4 is 68.8 Å². The van der Waals surface area contributed by atoms with E-state index in [4.69, 9.17) is 21.1 Å². The van der Waals surface area contributed by atoms with Crippen LogP contribution >= 0.6 is 46.0 Å². The summed E-state index contributed by atoms with van der Waals surface area (Å²) in [6, 6.07) is 9.26. The van der Waals surface area contributed by atoms with Gasteiger partial charge in [-0.25, -0.2) is 4.99 Å². The highest BCUT2D eigenvalue weighted by Gasteiger charge is 2.24. The zero-order valence-electron chi connectivity index (χ0n) is 15.8. The molecular weight excluding hydrogens is 523 g/mol. The zero-order valence-corrected chi connectivity index (χ0v) is 19.5. The van der Waals surface area contributed by atoms with Gasteiger partial charge in [0.05, 0.1) is 21.3 Å². The average molecular weight is 541 g/mol. The number of benzene rings is 2. The summed E-state index contributed by atoms with van der Waals surface area (Å²) in [7, 11) is 1.58. The van der Waals surface area contributed by atoms with Crippen molar-refractivity contribution in [2.75, 3.05) is 13.7 Å². The number of amidine groups is 1. The van der Waals surface area contributed by atoms with Crippen molar-refractivity contribution in [3.8, 4) is 11.5 Å². The van der Waals surface area contributed by atoms with Crippen molar-refractivity contribution < 1.29 is 14.3 Å². The van der Waals surface area contributed by atoms with Gasteiger partial charge in [-0.3, -0.25) is 4.79 Å². The number of nitrogens with one attached hydrogen (secondary N) is 1. The Morgan fingerprint density at radius 3 is 2.90 bits per heavy atom. The van der Waals surface area contributed by atoms with Crippen LogP contribution in [0.25, 0.3) is 6.08 Å². The summed E-state index contributed by atoms with van der Waals surface area (Å²) in [5.74, 6) is 1.05. The molecule has 1 saturated heterocycles. The van der Waals surface area contributed by atoms with E-state index in [0.29, 0.717) is 33.2 Å². The lowest BCUT2D eigenvalue weighted by Gasteiger charge is -2.12. The van der Waals surface area contributed by atoms with Gasteiger partial charge in [0.1, 0.15) is 6.61 Å². The number of thioether (sulfide) groups is 1. The van der Waals surface area contributed by atoms with E-state index in [1.54, 1.807) is 19.3 Å². The Hall–Kier alpha value is -1.97. The van der Waals surface area contributed by atoms with E-state index in [2.05, 4.69) is 39.5 Å². The van der Waals surface area contributed by atoms with E-state index in [0.717, 1.165) is 20.4 Å². The third-order valence-electron chi connectivity index (χ3n) is 4.01. The number of halogens is 2. The molecule has 1 fully saturated rings. The third-order valence-corrected chi connectivity index (χ3v) is 6.13. The molecule has 3 rings (SSSR count). The van der Waals surface area contributed by atoms with E-state index in [1.165, 1.54) is 11.8 Å². The first-order valence-electron chi connectivity index (χ1n) is 8.59. The SMILES string of the molecule is C=CCOc1c(I)cc(/C=C2\SC(=Nc3cccc(Cl)c3C)NC2=O)cc1OC. The van der Waals surface area contributed by atoms with Crippen LogP contribution in [0.2, 0.25) is 5.02 Å². The fraction of sp³-hybridized carbons (Fsp3) is 0.143. The molecule has 1 heterocycles. The van der Waals surface area contributed by atoms with Gasteiger partial charge in [0, 0.05) is 5.02 Å². The van der Waals surface area contributed by atoms with E-state index < -0.39 is 0 Å². The normalized spacial score (nSPS) is 16.2. The summed E-state index contributed by atoms with van der Waals surface area (Å²) in [5.41, 5.74) is 2.42. The summed E-state index contributed by atoms with van der Waals surface area (Å²) in [6.07, 6.45) is 3.47. The van der Waals surface area contributed by atoms with Crippen LogP contribution in [0, 0.1) is 10.5 Å². The van der Waals surface area contributed by atoms with Crippen LogP contribution in [-0.4, -0.2) is 24.8 Å². The molecule has 0 aliphatic carbocycles. The smallest absolute Gasteiger partial charge is 0.264 e.